The third-order valence-electron chi connectivity index (χ3n) is 4.36. The number of carbonyl (C=O) groups is 1. The molecule has 0 radical (unpaired) electrons. The first-order valence-electron chi connectivity index (χ1n) is 8.59. The minimum atomic E-state index is -0.122. The molecule has 0 aliphatic carbocycles. The highest BCUT2D eigenvalue weighted by Gasteiger charge is 2.29. The Bertz CT molecular complexity index is 719. The Morgan fingerprint density at radius 3 is 2.57 bits per heavy atom. The number of aromatic nitrogens is 1. The predicted octanol–water partition coefficient (Wildman–Crippen LogP) is 3.16. The van der Waals surface area contributed by atoms with Crippen LogP contribution >= 0.6 is 24.8 Å². The van der Waals surface area contributed by atoms with Gasteiger partial charge in [-0.25, -0.2) is 4.79 Å². The molecule has 0 bridgehead atoms. The van der Waals surface area contributed by atoms with Gasteiger partial charge in [0.2, 0.25) is 0 Å². The number of nitrogens with one attached hydrogen (secondary N) is 1. The van der Waals surface area contributed by atoms with E-state index in [0.717, 1.165) is 24.5 Å². The van der Waals surface area contributed by atoms with Gasteiger partial charge in [0.15, 0.2) is 0 Å². The Balaban J connectivity index is 0.00000196. The Labute approximate surface area is 177 Å². The molecular formula is C19H26Cl2N4O3. The van der Waals surface area contributed by atoms with Crippen LogP contribution in [0.2, 0.25) is 0 Å². The van der Waals surface area contributed by atoms with Crippen molar-refractivity contribution in [1.82, 2.24) is 14.8 Å². The van der Waals surface area contributed by atoms with Gasteiger partial charge in [0.25, 0.3) is 0 Å². The van der Waals surface area contributed by atoms with E-state index in [1.807, 2.05) is 41.3 Å². The fraction of sp³-hybridized carbons (Fsp3) is 0.368. The van der Waals surface area contributed by atoms with Crippen molar-refractivity contribution in [3.05, 3.63) is 48.8 Å². The zero-order valence-corrected chi connectivity index (χ0v) is 17.5. The van der Waals surface area contributed by atoms with E-state index in [2.05, 4.69) is 22.2 Å². The van der Waals surface area contributed by atoms with Crippen LogP contribution < -0.4 is 14.8 Å². The molecule has 154 valence electrons. The average molecular weight is 429 g/mol. The number of urea groups is 1. The number of methoxy groups -OCH3 is 1. The van der Waals surface area contributed by atoms with E-state index in [9.17, 15) is 4.79 Å². The normalized spacial score (nSPS) is 16.4. The molecule has 0 spiro atoms. The second-order valence-electron chi connectivity index (χ2n) is 6.27. The molecule has 1 N–H and O–H groups in total. The molecule has 1 atom stereocenters. The molecule has 28 heavy (non-hydrogen) atoms. The van der Waals surface area contributed by atoms with Gasteiger partial charge in [0, 0.05) is 31.5 Å². The largest absolute Gasteiger partial charge is 0.497 e. The molecule has 3 rings (SSSR count). The minimum Gasteiger partial charge on any atom is -0.497 e. The summed E-state index contributed by atoms with van der Waals surface area (Å²) in [5, 5.41) is 2.95. The lowest BCUT2D eigenvalue weighted by Crippen LogP contribution is -2.57. The van der Waals surface area contributed by atoms with Gasteiger partial charge >= 0.3 is 6.03 Å². The Hall–Kier alpha value is -2.22. The van der Waals surface area contributed by atoms with Crippen molar-refractivity contribution in [2.24, 2.45) is 0 Å². The van der Waals surface area contributed by atoms with Gasteiger partial charge in [0.05, 0.1) is 19.3 Å². The average Bonchev–Trinajstić information content (AvgIpc) is 2.68. The SMILES string of the molecule is COc1ccc(NC(=O)N2CCN(C)CC2COc2cccnc2)cc1.Cl.Cl. The van der Waals surface area contributed by atoms with Gasteiger partial charge < -0.3 is 24.6 Å². The van der Waals surface area contributed by atoms with Crippen LogP contribution in [0.3, 0.4) is 0 Å². The summed E-state index contributed by atoms with van der Waals surface area (Å²) in [5.41, 5.74) is 0.738. The van der Waals surface area contributed by atoms with Crippen LogP contribution in [0, 0.1) is 0 Å². The quantitative estimate of drug-likeness (QED) is 0.791. The van der Waals surface area contributed by atoms with Gasteiger partial charge in [-0.1, -0.05) is 0 Å². The number of hydrogen-bond acceptors (Lipinski definition) is 5. The van der Waals surface area contributed by atoms with Gasteiger partial charge in [0.1, 0.15) is 18.1 Å². The van der Waals surface area contributed by atoms with E-state index in [1.165, 1.54) is 0 Å². The molecular weight excluding hydrogens is 403 g/mol. The topological polar surface area (TPSA) is 66.9 Å². The molecule has 1 aliphatic rings. The monoisotopic (exact) mass is 428 g/mol. The van der Waals surface area contributed by atoms with Crippen molar-refractivity contribution < 1.29 is 14.3 Å². The zero-order valence-electron chi connectivity index (χ0n) is 15.9. The number of benzene rings is 1. The number of pyridine rings is 1. The number of likely N-dealkylation sites (N-methyl/N-ethyl adjacent to an activating group) is 1. The number of hydrogen-bond donors (Lipinski definition) is 1. The highest BCUT2D eigenvalue weighted by atomic mass is 35.5. The molecule has 2 heterocycles. The van der Waals surface area contributed by atoms with E-state index in [0.29, 0.717) is 18.9 Å². The van der Waals surface area contributed by atoms with Gasteiger partial charge in [-0.15, -0.1) is 24.8 Å². The molecule has 2 aromatic rings. The summed E-state index contributed by atoms with van der Waals surface area (Å²) in [6.45, 7) is 2.67. The van der Waals surface area contributed by atoms with E-state index < -0.39 is 0 Å². The van der Waals surface area contributed by atoms with Crippen LogP contribution in [-0.2, 0) is 0 Å². The van der Waals surface area contributed by atoms with Crippen LogP contribution in [0.1, 0.15) is 0 Å². The van der Waals surface area contributed by atoms with E-state index >= 15 is 0 Å². The van der Waals surface area contributed by atoms with Crippen molar-refractivity contribution in [2.75, 3.05) is 45.7 Å². The molecule has 1 unspecified atom stereocenters. The first-order chi connectivity index (χ1) is 12.7. The summed E-state index contributed by atoms with van der Waals surface area (Å²) in [5.74, 6) is 1.46. The van der Waals surface area contributed by atoms with Crippen molar-refractivity contribution >= 4 is 36.5 Å². The van der Waals surface area contributed by atoms with Gasteiger partial charge in [-0.2, -0.15) is 0 Å². The summed E-state index contributed by atoms with van der Waals surface area (Å²) in [4.78, 5) is 20.8. The molecule has 2 amide bonds. The van der Waals surface area contributed by atoms with Crippen LogP contribution in [-0.4, -0.2) is 67.3 Å². The number of halogens is 2. The fourth-order valence-corrected chi connectivity index (χ4v) is 2.92. The second kappa shape index (κ2) is 11.6. The first-order valence-corrected chi connectivity index (χ1v) is 8.59. The smallest absolute Gasteiger partial charge is 0.322 e. The number of piperazine rings is 1. The number of carbonyl (C=O) groups excluding carboxylic acids is 1. The van der Waals surface area contributed by atoms with Crippen molar-refractivity contribution in [3.8, 4) is 11.5 Å². The lowest BCUT2D eigenvalue weighted by atomic mass is 10.2. The highest BCUT2D eigenvalue weighted by molar-refractivity contribution is 5.89. The lowest BCUT2D eigenvalue weighted by molar-refractivity contribution is 0.0847. The maximum absolute atomic E-state index is 12.7. The Morgan fingerprint density at radius 1 is 1.18 bits per heavy atom. The maximum Gasteiger partial charge on any atom is 0.322 e. The van der Waals surface area contributed by atoms with Crippen molar-refractivity contribution in [2.45, 2.75) is 6.04 Å². The number of nitrogens with zero attached hydrogens (tertiary/aromatic N) is 3. The maximum atomic E-state index is 12.7. The third-order valence-corrected chi connectivity index (χ3v) is 4.36. The summed E-state index contributed by atoms with van der Waals surface area (Å²) in [7, 11) is 3.67. The van der Waals surface area contributed by atoms with E-state index in [4.69, 9.17) is 9.47 Å². The second-order valence-corrected chi connectivity index (χ2v) is 6.27. The highest BCUT2D eigenvalue weighted by Crippen LogP contribution is 2.18. The Kier molecular flexibility index (Phi) is 9.85. The fourth-order valence-electron chi connectivity index (χ4n) is 2.92. The summed E-state index contributed by atoms with van der Waals surface area (Å²) >= 11 is 0. The standard InChI is InChI=1S/C19H24N4O3.2ClH/c1-22-10-11-23(16(13-22)14-26-18-4-3-9-20-12-18)19(24)21-15-5-7-17(25-2)8-6-15;;/h3-9,12,16H,10-11,13-14H2,1-2H3,(H,21,24);2*1H. The summed E-state index contributed by atoms with van der Waals surface area (Å²) < 4.78 is 11.0. The number of anilines is 1. The molecule has 9 heteroatoms. The van der Waals surface area contributed by atoms with Crippen molar-refractivity contribution in [1.29, 1.82) is 0 Å². The van der Waals surface area contributed by atoms with E-state index in [-0.39, 0.29) is 36.9 Å². The number of ether oxygens (including phenoxy) is 2. The van der Waals surface area contributed by atoms with Crippen LogP contribution in [0.25, 0.3) is 0 Å². The molecule has 1 aliphatic heterocycles. The zero-order chi connectivity index (χ0) is 18.4. The van der Waals surface area contributed by atoms with Crippen LogP contribution in [0.4, 0.5) is 10.5 Å². The molecule has 1 saturated heterocycles. The van der Waals surface area contributed by atoms with Crippen LogP contribution in [0.15, 0.2) is 48.8 Å². The Morgan fingerprint density at radius 2 is 1.93 bits per heavy atom. The molecule has 7 nitrogen and oxygen atoms in total. The molecule has 1 fully saturated rings. The third kappa shape index (κ3) is 6.44. The lowest BCUT2D eigenvalue weighted by Gasteiger charge is -2.39. The molecule has 1 aromatic heterocycles. The van der Waals surface area contributed by atoms with Crippen LogP contribution in [0.5, 0.6) is 11.5 Å². The van der Waals surface area contributed by atoms with Crippen molar-refractivity contribution in [3.63, 3.8) is 0 Å². The number of rotatable bonds is 5. The molecule has 1 aromatic carbocycles. The summed E-state index contributed by atoms with van der Waals surface area (Å²) in [6, 6.07) is 10.8. The first kappa shape index (κ1) is 23.8. The van der Waals surface area contributed by atoms with E-state index in [1.54, 1.807) is 19.5 Å². The molecule has 0 saturated carbocycles. The summed E-state index contributed by atoms with van der Waals surface area (Å²) in [6.07, 6.45) is 3.38. The predicted molar refractivity (Wildman–Crippen MR) is 114 cm³/mol. The minimum absolute atomic E-state index is 0. The van der Waals surface area contributed by atoms with Gasteiger partial charge in [-0.05, 0) is 43.4 Å². The van der Waals surface area contributed by atoms with Gasteiger partial charge in [-0.3, -0.25) is 4.98 Å². The number of amides is 2.